The molecular weight excluding hydrogens is 296 g/mol. The monoisotopic (exact) mass is 308 g/mol. The van der Waals surface area contributed by atoms with Crippen LogP contribution in [0.2, 0.25) is 5.02 Å². The van der Waals surface area contributed by atoms with Crippen LogP contribution in [0.4, 0.5) is 0 Å². The average Bonchev–Trinajstić information content (AvgIpc) is 2.47. The molecule has 0 radical (unpaired) electrons. The van der Waals surface area contributed by atoms with Crippen molar-refractivity contribution in [2.75, 3.05) is 7.11 Å². The second-order valence-corrected chi connectivity index (χ2v) is 5.34. The maximum atomic E-state index is 8.87. The summed E-state index contributed by atoms with van der Waals surface area (Å²) in [6.45, 7) is 0. The zero-order valence-corrected chi connectivity index (χ0v) is 12.3. The Morgan fingerprint density at radius 3 is 2.60 bits per heavy atom. The molecule has 2 aromatic rings. The summed E-state index contributed by atoms with van der Waals surface area (Å²) < 4.78 is 5.31. The third-order valence-electron chi connectivity index (χ3n) is 2.63. The van der Waals surface area contributed by atoms with Crippen LogP contribution in [0.15, 0.2) is 57.4 Å². The van der Waals surface area contributed by atoms with Gasteiger partial charge in [0.05, 0.1) is 22.6 Å². The summed E-state index contributed by atoms with van der Waals surface area (Å²) in [5.41, 5.74) is 6.20. The van der Waals surface area contributed by atoms with Crippen molar-refractivity contribution in [3.63, 3.8) is 0 Å². The number of hydrogen-bond donors (Lipinski definition) is 2. The van der Waals surface area contributed by atoms with Gasteiger partial charge in [-0.25, -0.2) is 0 Å². The first-order valence-corrected chi connectivity index (χ1v) is 6.94. The summed E-state index contributed by atoms with van der Waals surface area (Å²) >= 11 is 7.57. The minimum Gasteiger partial charge on any atom is -0.496 e. The summed E-state index contributed by atoms with van der Waals surface area (Å²) in [7, 11) is 1.61. The summed E-state index contributed by atoms with van der Waals surface area (Å²) in [5, 5.41) is 12.3. The largest absolute Gasteiger partial charge is 0.496 e. The van der Waals surface area contributed by atoms with Gasteiger partial charge in [0, 0.05) is 4.90 Å². The fraction of sp³-hybridized carbons (Fsp3) is 0.0714. The van der Waals surface area contributed by atoms with Crippen molar-refractivity contribution in [1.29, 1.82) is 0 Å². The highest BCUT2D eigenvalue weighted by Crippen LogP contribution is 2.38. The summed E-state index contributed by atoms with van der Waals surface area (Å²) in [5.74, 6) is 0.732. The first kappa shape index (κ1) is 14.6. The van der Waals surface area contributed by atoms with Crippen LogP contribution in [-0.4, -0.2) is 18.2 Å². The van der Waals surface area contributed by atoms with Crippen LogP contribution >= 0.6 is 23.4 Å². The van der Waals surface area contributed by atoms with Gasteiger partial charge in [0.15, 0.2) is 5.84 Å². The molecule has 2 aromatic carbocycles. The Morgan fingerprint density at radius 1 is 1.20 bits per heavy atom. The lowest BCUT2D eigenvalue weighted by molar-refractivity contribution is 0.318. The number of ether oxygens (including phenoxy) is 1. The van der Waals surface area contributed by atoms with Crippen molar-refractivity contribution in [3.8, 4) is 5.75 Å². The molecule has 0 unspecified atom stereocenters. The van der Waals surface area contributed by atoms with Crippen LogP contribution in [0.5, 0.6) is 5.75 Å². The number of amidine groups is 1. The van der Waals surface area contributed by atoms with Crippen molar-refractivity contribution in [1.82, 2.24) is 0 Å². The van der Waals surface area contributed by atoms with E-state index in [0.29, 0.717) is 10.6 Å². The first-order chi connectivity index (χ1) is 9.67. The molecule has 2 rings (SSSR count). The molecule has 0 fully saturated rings. The number of oxime groups is 1. The smallest absolute Gasteiger partial charge is 0.172 e. The Hall–Kier alpha value is -1.85. The van der Waals surface area contributed by atoms with E-state index in [4.69, 9.17) is 27.3 Å². The first-order valence-electron chi connectivity index (χ1n) is 5.74. The summed E-state index contributed by atoms with van der Waals surface area (Å²) in [6.07, 6.45) is 0. The SMILES string of the molecule is COc1ccccc1Sc1cccc(Cl)c1C(N)=NO. The molecular formula is C14H13ClN2O2S. The maximum Gasteiger partial charge on any atom is 0.172 e. The molecule has 0 saturated carbocycles. The van der Waals surface area contributed by atoms with Gasteiger partial charge in [-0.2, -0.15) is 0 Å². The molecule has 104 valence electrons. The van der Waals surface area contributed by atoms with E-state index < -0.39 is 0 Å². The Balaban J connectivity index is 2.46. The van der Waals surface area contributed by atoms with E-state index in [1.54, 1.807) is 13.2 Å². The number of benzene rings is 2. The van der Waals surface area contributed by atoms with Gasteiger partial charge in [0.25, 0.3) is 0 Å². The van der Waals surface area contributed by atoms with E-state index in [1.165, 1.54) is 11.8 Å². The minimum atomic E-state index is -0.0204. The van der Waals surface area contributed by atoms with Gasteiger partial charge < -0.3 is 15.7 Å². The van der Waals surface area contributed by atoms with Gasteiger partial charge in [-0.3, -0.25) is 0 Å². The molecule has 0 heterocycles. The molecule has 6 heteroatoms. The van der Waals surface area contributed by atoms with E-state index in [-0.39, 0.29) is 5.84 Å². The van der Waals surface area contributed by atoms with Crippen LogP contribution in [0, 0.1) is 0 Å². The van der Waals surface area contributed by atoms with Gasteiger partial charge in [0.2, 0.25) is 0 Å². The number of rotatable bonds is 4. The Labute approximate surface area is 126 Å². The van der Waals surface area contributed by atoms with E-state index in [2.05, 4.69) is 5.16 Å². The second kappa shape index (κ2) is 6.54. The second-order valence-electron chi connectivity index (χ2n) is 3.85. The van der Waals surface area contributed by atoms with Crippen LogP contribution < -0.4 is 10.5 Å². The molecule has 20 heavy (non-hydrogen) atoms. The van der Waals surface area contributed by atoms with Crippen molar-refractivity contribution >= 4 is 29.2 Å². The quantitative estimate of drug-likeness (QED) is 0.392. The van der Waals surface area contributed by atoms with Crippen LogP contribution in [0.1, 0.15) is 5.56 Å². The lowest BCUT2D eigenvalue weighted by Crippen LogP contribution is -2.14. The fourth-order valence-electron chi connectivity index (χ4n) is 1.71. The molecule has 3 N–H and O–H groups in total. The Bertz CT molecular complexity index is 647. The number of halogens is 1. The van der Waals surface area contributed by atoms with Crippen molar-refractivity contribution < 1.29 is 9.94 Å². The van der Waals surface area contributed by atoms with Gasteiger partial charge in [-0.1, -0.05) is 46.7 Å². The summed E-state index contributed by atoms with van der Waals surface area (Å²) in [6, 6.07) is 13.0. The highest BCUT2D eigenvalue weighted by atomic mass is 35.5. The van der Waals surface area contributed by atoms with Crippen molar-refractivity contribution in [2.24, 2.45) is 10.9 Å². The van der Waals surface area contributed by atoms with Crippen LogP contribution in [0.3, 0.4) is 0 Å². The molecule has 0 aromatic heterocycles. The van der Waals surface area contributed by atoms with Crippen molar-refractivity contribution in [3.05, 3.63) is 53.1 Å². The highest BCUT2D eigenvalue weighted by Gasteiger charge is 2.14. The van der Waals surface area contributed by atoms with Gasteiger partial charge in [-0.05, 0) is 24.3 Å². The Kier molecular flexibility index (Phi) is 4.76. The molecule has 0 atom stereocenters. The maximum absolute atomic E-state index is 8.87. The van der Waals surface area contributed by atoms with Gasteiger partial charge in [0.1, 0.15) is 5.75 Å². The molecule has 4 nitrogen and oxygen atoms in total. The average molecular weight is 309 g/mol. The number of hydrogen-bond acceptors (Lipinski definition) is 4. The van der Waals surface area contributed by atoms with Gasteiger partial charge >= 0.3 is 0 Å². The van der Waals surface area contributed by atoms with Crippen LogP contribution in [0.25, 0.3) is 0 Å². The predicted molar refractivity (Wildman–Crippen MR) is 81.1 cm³/mol. The minimum absolute atomic E-state index is 0.0204. The standard InChI is InChI=1S/C14H13ClN2O2S/c1-19-10-6-2-3-7-11(10)20-12-8-4-5-9(15)13(12)14(16)17-18/h2-8,18H,1H3,(H2,16,17). The molecule has 0 aliphatic heterocycles. The zero-order valence-electron chi connectivity index (χ0n) is 10.7. The normalized spacial score (nSPS) is 11.4. The lowest BCUT2D eigenvalue weighted by atomic mass is 10.2. The van der Waals surface area contributed by atoms with Crippen molar-refractivity contribution in [2.45, 2.75) is 9.79 Å². The van der Waals surface area contributed by atoms with Crippen LogP contribution in [-0.2, 0) is 0 Å². The highest BCUT2D eigenvalue weighted by molar-refractivity contribution is 7.99. The molecule has 0 saturated heterocycles. The number of methoxy groups -OCH3 is 1. The summed E-state index contributed by atoms with van der Waals surface area (Å²) in [4.78, 5) is 1.71. The molecule has 0 spiro atoms. The number of para-hydroxylation sites is 1. The topological polar surface area (TPSA) is 67.8 Å². The van der Waals surface area contributed by atoms with E-state index in [0.717, 1.165) is 15.5 Å². The fourth-order valence-corrected chi connectivity index (χ4v) is 3.14. The molecule has 0 bridgehead atoms. The lowest BCUT2D eigenvalue weighted by Gasteiger charge is -2.12. The third-order valence-corrected chi connectivity index (χ3v) is 4.06. The van der Waals surface area contributed by atoms with E-state index >= 15 is 0 Å². The van der Waals surface area contributed by atoms with E-state index in [1.807, 2.05) is 36.4 Å². The zero-order chi connectivity index (χ0) is 14.5. The van der Waals surface area contributed by atoms with Gasteiger partial charge in [-0.15, -0.1) is 0 Å². The molecule has 0 aliphatic carbocycles. The Morgan fingerprint density at radius 2 is 1.90 bits per heavy atom. The molecule has 0 amide bonds. The molecule has 0 aliphatic rings. The number of nitrogens with two attached hydrogens (primary N) is 1. The van der Waals surface area contributed by atoms with E-state index in [9.17, 15) is 0 Å². The number of nitrogens with zero attached hydrogens (tertiary/aromatic N) is 1. The predicted octanol–water partition coefficient (Wildman–Crippen LogP) is 3.59. The third kappa shape index (κ3) is 3.00.